The Bertz CT molecular complexity index is 370. The fourth-order valence-corrected chi connectivity index (χ4v) is 1.98. The van der Waals surface area contributed by atoms with Gasteiger partial charge in [0, 0.05) is 18.4 Å². The summed E-state index contributed by atoms with van der Waals surface area (Å²) < 4.78 is 5.73. The van der Waals surface area contributed by atoms with Crippen LogP contribution in [0.5, 0.6) is 0 Å². The van der Waals surface area contributed by atoms with Gasteiger partial charge in [-0.1, -0.05) is 33.1 Å². The lowest BCUT2D eigenvalue weighted by molar-refractivity contribution is 0.0777. The minimum Gasteiger partial charge on any atom is -0.373 e. The monoisotopic (exact) mass is 266 g/mol. The number of ether oxygens (including phenoxy) is 1. The molecule has 3 N–H and O–H groups in total. The summed E-state index contributed by atoms with van der Waals surface area (Å²) in [6.07, 6.45) is 4.90. The van der Waals surface area contributed by atoms with E-state index in [1.54, 1.807) is 6.07 Å². The van der Waals surface area contributed by atoms with Crippen LogP contribution >= 0.6 is 0 Å². The van der Waals surface area contributed by atoms with E-state index >= 15 is 0 Å². The van der Waals surface area contributed by atoms with Gasteiger partial charge in [-0.3, -0.25) is 0 Å². The topological polar surface area (TPSA) is 73.1 Å². The molecule has 1 rings (SSSR count). The van der Waals surface area contributed by atoms with Gasteiger partial charge >= 0.3 is 0 Å². The Kier molecular flexibility index (Phi) is 7.36. The predicted molar refractivity (Wildman–Crippen MR) is 77.5 cm³/mol. The number of nitrogens with zero attached hydrogens (tertiary/aromatic N) is 2. The minimum absolute atomic E-state index is 0.443. The number of aromatic nitrogens is 2. The molecule has 0 bridgehead atoms. The summed E-state index contributed by atoms with van der Waals surface area (Å²) in [6.45, 7) is 7.57. The minimum atomic E-state index is 0.443. The number of hydrogen-bond donors (Lipinski definition) is 2. The molecule has 0 saturated carbocycles. The number of nitrogens with two attached hydrogens (primary N) is 1. The maximum Gasteiger partial charge on any atom is 0.156 e. The number of anilines is 1. The first kappa shape index (κ1) is 15.9. The van der Waals surface area contributed by atoms with Crippen LogP contribution < -0.4 is 11.3 Å². The lowest BCUT2D eigenvalue weighted by Gasteiger charge is -2.14. The van der Waals surface area contributed by atoms with Crippen molar-refractivity contribution < 1.29 is 4.74 Å². The van der Waals surface area contributed by atoms with Crippen molar-refractivity contribution in [3.8, 4) is 0 Å². The van der Waals surface area contributed by atoms with Crippen molar-refractivity contribution in [2.45, 2.75) is 53.1 Å². The van der Waals surface area contributed by atoms with Crippen LogP contribution in [-0.4, -0.2) is 16.6 Å². The first-order chi connectivity index (χ1) is 9.19. The van der Waals surface area contributed by atoms with Gasteiger partial charge in [-0.15, -0.1) is 0 Å². The molecule has 0 saturated heterocycles. The van der Waals surface area contributed by atoms with Crippen molar-refractivity contribution in [3.63, 3.8) is 0 Å². The van der Waals surface area contributed by atoms with Gasteiger partial charge in [0.2, 0.25) is 0 Å². The van der Waals surface area contributed by atoms with E-state index in [1.165, 1.54) is 19.3 Å². The van der Waals surface area contributed by atoms with Gasteiger partial charge in [0.05, 0.1) is 0 Å². The number of hydrazine groups is 1. The van der Waals surface area contributed by atoms with Gasteiger partial charge in [0.25, 0.3) is 0 Å². The van der Waals surface area contributed by atoms with E-state index in [4.69, 9.17) is 10.6 Å². The maximum absolute atomic E-state index is 5.73. The van der Waals surface area contributed by atoms with Crippen LogP contribution in [0, 0.1) is 12.8 Å². The first-order valence-corrected chi connectivity index (χ1v) is 7.08. The summed E-state index contributed by atoms with van der Waals surface area (Å²) >= 11 is 0. The lowest BCUT2D eigenvalue weighted by Crippen LogP contribution is -2.13. The highest BCUT2D eigenvalue weighted by atomic mass is 16.5. The van der Waals surface area contributed by atoms with Gasteiger partial charge in [0.1, 0.15) is 12.4 Å². The quantitative estimate of drug-likeness (QED) is 0.531. The summed E-state index contributed by atoms with van der Waals surface area (Å²) in [4.78, 5) is 8.60. The van der Waals surface area contributed by atoms with E-state index in [0.29, 0.717) is 24.2 Å². The van der Waals surface area contributed by atoms with Crippen LogP contribution in [0.25, 0.3) is 0 Å². The zero-order valence-electron chi connectivity index (χ0n) is 12.3. The number of nitrogens with one attached hydrogen (secondary N) is 1. The van der Waals surface area contributed by atoms with Crippen molar-refractivity contribution in [2.24, 2.45) is 11.8 Å². The Morgan fingerprint density at radius 1 is 1.37 bits per heavy atom. The molecule has 0 aromatic carbocycles. The average Bonchev–Trinajstić information content (AvgIpc) is 2.42. The molecule has 0 amide bonds. The van der Waals surface area contributed by atoms with Gasteiger partial charge in [-0.05, 0) is 19.3 Å². The van der Waals surface area contributed by atoms with Crippen molar-refractivity contribution in [3.05, 3.63) is 17.6 Å². The second-order valence-corrected chi connectivity index (χ2v) is 4.89. The van der Waals surface area contributed by atoms with Crippen LogP contribution in [-0.2, 0) is 11.3 Å². The molecule has 0 aliphatic carbocycles. The van der Waals surface area contributed by atoms with Gasteiger partial charge in [-0.2, -0.15) is 0 Å². The van der Waals surface area contributed by atoms with Crippen LogP contribution in [0.2, 0.25) is 0 Å². The summed E-state index contributed by atoms with van der Waals surface area (Å²) in [5, 5.41) is 0. The van der Waals surface area contributed by atoms with Crippen LogP contribution in [0.1, 0.15) is 51.0 Å². The molecule has 0 aliphatic rings. The Balaban J connectivity index is 2.41. The van der Waals surface area contributed by atoms with E-state index in [0.717, 1.165) is 18.7 Å². The van der Waals surface area contributed by atoms with E-state index in [1.807, 2.05) is 6.92 Å². The number of rotatable bonds is 9. The van der Waals surface area contributed by atoms with Crippen LogP contribution in [0.15, 0.2) is 6.07 Å². The third-order valence-electron chi connectivity index (χ3n) is 3.18. The Morgan fingerprint density at radius 3 is 2.79 bits per heavy atom. The SMILES string of the molecule is CCCCC(CC)COCc1nc(C)cc(NN)n1. The second kappa shape index (κ2) is 8.82. The summed E-state index contributed by atoms with van der Waals surface area (Å²) in [6, 6.07) is 1.81. The number of unbranched alkanes of at least 4 members (excludes halogenated alkanes) is 1. The number of aryl methyl sites for hydroxylation is 1. The van der Waals surface area contributed by atoms with E-state index in [9.17, 15) is 0 Å². The molecule has 19 heavy (non-hydrogen) atoms. The van der Waals surface area contributed by atoms with Crippen molar-refractivity contribution in [1.29, 1.82) is 0 Å². The van der Waals surface area contributed by atoms with E-state index in [-0.39, 0.29) is 0 Å². The fourth-order valence-electron chi connectivity index (χ4n) is 1.98. The third-order valence-corrected chi connectivity index (χ3v) is 3.18. The molecule has 1 unspecified atom stereocenters. The fraction of sp³-hybridized carbons (Fsp3) is 0.714. The standard InChI is InChI=1S/C14H26N4O/c1-4-6-7-12(5-2)9-19-10-14-16-11(3)8-13(17-14)18-15/h8,12H,4-7,9-10,15H2,1-3H3,(H,16,17,18). The maximum atomic E-state index is 5.73. The second-order valence-electron chi connectivity index (χ2n) is 4.89. The van der Waals surface area contributed by atoms with Crippen molar-refractivity contribution >= 4 is 5.82 Å². The first-order valence-electron chi connectivity index (χ1n) is 7.08. The number of hydrogen-bond acceptors (Lipinski definition) is 5. The molecule has 1 atom stereocenters. The molecule has 5 nitrogen and oxygen atoms in total. The molecule has 0 aliphatic heterocycles. The molecule has 0 fully saturated rings. The highest BCUT2D eigenvalue weighted by Gasteiger charge is 2.07. The van der Waals surface area contributed by atoms with Gasteiger partial charge in [-0.25, -0.2) is 15.8 Å². The molecule has 108 valence electrons. The molecule has 5 heteroatoms. The molecule has 1 aromatic rings. The van der Waals surface area contributed by atoms with E-state index < -0.39 is 0 Å². The summed E-state index contributed by atoms with van der Waals surface area (Å²) in [7, 11) is 0. The van der Waals surface area contributed by atoms with Gasteiger partial charge < -0.3 is 10.2 Å². The Morgan fingerprint density at radius 2 is 2.16 bits per heavy atom. The van der Waals surface area contributed by atoms with Crippen molar-refractivity contribution in [2.75, 3.05) is 12.0 Å². The zero-order chi connectivity index (χ0) is 14.1. The molecule has 1 heterocycles. The molecule has 0 radical (unpaired) electrons. The molecule has 0 spiro atoms. The predicted octanol–water partition coefficient (Wildman–Crippen LogP) is 2.80. The highest BCUT2D eigenvalue weighted by Crippen LogP contribution is 2.13. The zero-order valence-corrected chi connectivity index (χ0v) is 12.3. The molecular weight excluding hydrogens is 240 g/mol. The largest absolute Gasteiger partial charge is 0.373 e. The highest BCUT2D eigenvalue weighted by molar-refractivity contribution is 5.33. The smallest absolute Gasteiger partial charge is 0.156 e. The van der Waals surface area contributed by atoms with Crippen molar-refractivity contribution in [1.82, 2.24) is 9.97 Å². The van der Waals surface area contributed by atoms with Crippen LogP contribution in [0.4, 0.5) is 5.82 Å². The summed E-state index contributed by atoms with van der Waals surface area (Å²) in [5.74, 6) is 7.30. The lowest BCUT2D eigenvalue weighted by atomic mass is 10.0. The Hall–Kier alpha value is -1.20. The normalized spacial score (nSPS) is 12.4. The third kappa shape index (κ3) is 5.98. The van der Waals surface area contributed by atoms with E-state index in [2.05, 4.69) is 29.2 Å². The number of nitrogen functional groups attached to an aromatic ring is 1. The Labute approximate surface area is 115 Å². The van der Waals surface area contributed by atoms with Gasteiger partial charge in [0.15, 0.2) is 5.82 Å². The average molecular weight is 266 g/mol. The van der Waals surface area contributed by atoms with Crippen LogP contribution in [0.3, 0.4) is 0 Å². The summed E-state index contributed by atoms with van der Waals surface area (Å²) in [5.41, 5.74) is 3.43. The molecule has 1 aromatic heterocycles. The molecular formula is C14H26N4O.